The average molecular weight is 472 g/mol. The summed E-state index contributed by atoms with van der Waals surface area (Å²) < 4.78 is 5.14. The van der Waals surface area contributed by atoms with Crippen LogP contribution >= 0.6 is 0 Å². The highest BCUT2D eigenvalue weighted by Gasteiger charge is 2.17. The number of anilines is 2. The van der Waals surface area contributed by atoms with Gasteiger partial charge in [0.1, 0.15) is 17.9 Å². The summed E-state index contributed by atoms with van der Waals surface area (Å²) in [6.45, 7) is 0.556. The number of carbonyl (C=O) groups is 2. The lowest BCUT2D eigenvalue weighted by atomic mass is 10.0. The van der Waals surface area contributed by atoms with Gasteiger partial charge in [-0.15, -0.1) is 0 Å². The van der Waals surface area contributed by atoms with Gasteiger partial charge in [-0.2, -0.15) is 0 Å². The van der Waals surface area contributed by atoms with Crippen molar-refractivity contribution in [2.75, 3.05) is 31.3 Å². The minimum Gasteiger partial charge on any atom is -0.497 e. The van der Waals surface area contributed by atoms with Crippen LogP contribution in [0.5, 0.6) is 5.75 Å². The van der Waals surface area contributed by atoms with Gasteiger partial charge in [-0.1, -0.05) is 18.2 Å². The monoisotopic (exact) mass is 471 g/mol. The average Bonchev–Trinajstić information content (AvgIpc) is 2.88. The molecule has 4 rings (SSSR count). The molecular formula is C26H25N5O4. The van der Waals surface area contributed by atoms with Crippen LogP contribution < -0.4 is 20.7 Å². The molecule has 1 unspecified atom stereocenters. The van der Waals surface area contributed by atoms with Crippen LogP contribution in [0.3, 0.4) is 0 Å². The van der Waals surface area contributed by atoms with Gasteiger partial charge in [-0.05, 0) is 61.1 Å². The number of carboxylic acids is 1. The topological polar surface area (TPSA) is 125 Å². The molecule has 1 heterocycles. The standard InChI is InChI=1S/C26H25N5O4/c1-27-14-22(31-24-20-7-4-8-21(26(33)34)23(20)28-15-29-24)17-5-3-6-18(13-17)30-25(32)16-9-11-19(35-2)12-10-16/h3-13,15,22,27H,14H2,1-2H3,(H,30,32)(H,33,34)(H,28,29,31). The van der Waals surface area contributed by atoms with Gasteiger partial charge in [0.25, 0.3) is 5.91 Å². The third-order valence-corrected chi connectivity index (χ3v) is 5.51. The first-order chi connectivity index (χ1) is 17.0. The summed E-state index contributed by atoms with van der Waals surface area (Å²) >= 11 is 0. The fourth-order valence-corrected chi connectivity index (χ4v) is 3.78. The number of hydrogen-bond acceptors (Lipinski definition) is 7. The molecule has 1 atom stereocenters. The van der Waals surface area contributed by atoms with Crippen LogP contribution in [0, 0.1) is 0 Å². The predicted octanol–water partition coefficient (Wildman–Crippen LogP) is 3.96. The van der Waals surface area contributed by atoms with Crippen molar-refractivity contribution in [1.29, 1.82) is 0 Å². The first-order valence-electron chi connectivity index (χ1n) is 10.9. The molecule has 0 aliphatic carbocycles. The van der Waals surface area contributed by atoms with Crippen LogP contribution in [0.15, 0.2) is 73.1 Å². The van der Waals surface area contributed by atoms with Crippen LogP contribution in [0.25, 0.3) is 10.9 Å². The van der Waals surface area contributed by atoms with Crippen LogP contribution in [-0.2, 0) is 0 Å². The molecule has 3 aromatic carbocycles. The number of nitrogens with one attached hydrogen (secondary N) is 3. The van der Waals surface area contributed by atoms with Gasteiger partial charge in [0.15, 0.2) is 0 Å². The van der Waals surface area contributed by atoms with E-state index in [9.17, 15) is 14.7 Å². The van der Waals surface area contributed by atoms with Gasteiger partial charge >= 0.3 is 5.97 Å². The Balaban J connectivity index is 1.59. The lowest BCUT2D eigenvalue weighted by Gasteiger charge is -2.21. The van der Waals surface area contributed by atoms with E-state index in [0.29, 0.717) is 40.3 Å². The number of carbonyl (C=O) groups excluding carboxylic acids is 1. The molecule has 1 aromatic heterocycles. The number of aromatic carboxylic acids is 1. The zero-order valence-electron chi connectivity index (χ0n) is 19.3. The van der Waals surface area contributed by atoms with Gasteiger partial charge in [0, 0.05) is 23.2 Å². The molecule has 0 saturated carbocycles. The van der Waals surface area contributed by atoms with E-state index in [1.54, 1.807) is 43.5 Å². The molecule has 0 radical (unpaired) electrons. The summed E-state index contributed by atoms with van der Waals surface area (Å²) in [5.74, 6) is -0.0819. The van der Waals surface area contributed by atoms with Gasteiger partial charge in [-0.25, -0.2) is 14.8 Å². The number of para-hydroxylation sites is 1. The summed E-state index contributed by atoms with van der Waals surface area (Å²) in [7, 11) is 3.41. The van der Waals surface area contributed by atoms with Crippen molar-refractivity contribution in [2.45, 2.75) is 6.04 Å². The molecule has 0 fully saturated rings. The zero-order valence-corrected chi connectivity index (χ0v) is 19.3. The second-order valence-corrected chi connectivity index (χ2v) is 7.79. The quantitative estimate of drug-likeness (QED) is 0.289. The number of rotatable bonds is 9. The number of likely N-dealkylation sites (N-methyl/N-ethyl adjacent to an activating group) is 1. The van der Waals surface area contributed by atoms with E-state index in [4.69, 9.17) is 4.74 Å². The van der Waals surface area contributed by atoms with Crippen LogP contribution in [0.2, 0.25) is 0 Å². The molecule has 4 aromatic rings. The lowest BCUT2D eigenvalue weighted by molar-refractivity contribution is 0.0698. The number of methoxy groups -OCH3 is 1. The zero-order chi connectivity index (χ0) is 24.8. The Labute approximate surface area is 202 Å². The van der Waals surface area contributed by atoms with Crippen molar-refractivity contribution in [3.05, 3.63) is 89.7 Å². The smallest absolute Gasteiger partial charge is 0.337 e. The Morgan fingerprint density at radius 1 is 1.03 bits per heavy atom. The second kappa shape index (κ2) is 10.6. The van der Waals surface area contributed by atoms with E-state index in [1.165, 1.54) is 12.4 Å². The maximum atomic E-state index is 12.7. The fraction of sp³-hybridized carbons (Fsp3) is 0.154. The van der Waals surface area contributed by atoms with Gasteiger partial charge in [0.05, 0.1) is 24.2 Å². The highest BCUT2D eigenvalue weighted by Crippen LogP contribution is 2.27. The number of nitrogens with zero attached hydrogens (tertiary/aromatic N) is 2. The first-order valence-corrected chi connectivity index (χ1v) is 10.9. The molecule has 35 heavy (non-hydrogen) atoms. The van der Waals surface area contributed by atoms with Gasteiger partial charge in [0.2, 0.25) is 0 Å². The molecule has 0 saturated heterocycles. The Morgan fingerprint density at radius 3 is 2.51 bits per heavy atom. The third kappa shape index (κ3) is 5.36. The van der Waals surface area contributed by atoms with Crippen molar-refractivity contribution < 1.29 is 19.4 Å². The molecule has 178 valence electrons. The minimum absolute atomic E-state index is 0.112. The molecule has 4 N–H and O–H groups in total. The van der Waals surface area contributed by atoms with Gasteiger partial charge < -0.3 is 25.8 Å². The number of amides is 1. The lowest BCUT2D eigenvalue weighted by Crippen LogP contribution is -2.24. The summed E-state index contributed by atoms with van der Waals surface area (Å²) in [5.41, 5.74) is 2.55. The number of carboxylic acid groups (broad SMARTS) is 1. The molecular weight excluding hydrogens is 446 g/mol. The minimum atomic E-state index is -1.05. The molecule has 9 heteroatoms. The highest BCUT2D eigenvalue weighted by atomic mass is 16.5. The largest absolute Gasteiger partial charge is 0.497 e. The predicted molar refractivity (Wildman–Crippen MR) is 134 cm³/mol. The van der Waals surface area contributed by atoms with E-state index < -0.39 is 5.97 Å². The normalized spacial score (nSPS) is 11.6. The van der Waals surface area contributed by atoms with E-state index >= 15 is 0 Å². The van der Waals surface area contributed by atoms with E-state index in [2.05, 4.69) is 25.9 Å². The summed E-state index contributed by atoms with van der Waals surface area (Å²) in [6.07, 6.45) is 1.35. The molecule has 0 spiro atoms. The highest BCUT2D eigenvalue weighted by molar-refractivity contribution is 6.05. The van der Waals surface area contributed by atoms with E-state index in [-0.39, 0.29) is 17.5 Å². The van der Waals surface area contributed by atoms with Crippen LogP contribution in [0.1, 0.15) is 32.3 Å². The number of hydrogen-bond donors (Lipinski definition) is 4. The van der Waals surface area contributed by atoms with Gasteiger partial charge in [-0.3, -0.25) is 4.79 Å². The van der Waals surface area contributed by atoms with Crippen molar-refractivity contribution in [3.63, 3.8) is 0 Å². The maximum absolute atomic E-state index is 12.7. The van der Waals surface area contributed by atoms with Crippen molar-refractivity contribution in [2.24, 2.45) is 0 Å². The maximum Gasteiger partial charge on any atom is 0.337 e. The number of ether oxygens (including phenoxy) is 1. The molecule has 0 bridgehead atoms. The number of aromatic nitrogens is 2. The van der Waals surface area contributed by atoms with E-state index in [1.807, 2.05) is 31.3 Å². The third-order valence-electron chi connectivity index (χ3n) is 5.51. The Bertz CT molecular complexity index is 1360. The van der Waals surface area contributed by atoms with Crippen molar-refractivity contribution in [1.82, 2.24) is 15.3 Å². The summed E-state index contributed by atoms with van der Waals surface area (Å²) in [6, 6.07) is 19.2. The Kier molecular flexibility index (Phi) is 7.18. The second-order valence-electron chi connectivity index (χ2n) is 7.79. The van der Waals surface area contributed by atoms with E-state index in [0.717, 1.165) is 5.56 Å². The molecule has 0 aliphatic heterocycles. The molecule has 9 nitrogen and oxygen atoms in total. The molecule has 1 amide bonds. The number of fused-ring (bicyclic) bond motifs is 1. The number of benzene rings is 3. The summed E-state index contributed by atoms with van der Waals surface area (Å²) in [5, 5.41) is 19.6. The van der Waals surface area contributed by atoms with Crippen LogP contribution in [-0.4, -0.2) is 47.7 Å². The Hall–Kier alpha value is -4.50. The van der Waals surface area contributed by atoms with Crippen molar-refractivity contribution >= 4 is 34.3 Å². The summed E-state index contributed by atoms with van der Waals surface area (Å²) in [4.78, 5) is 32.8. The molecule has 0 aliphatic rings. The Morgan fingerprint density at radius 2 is 1.80 bits per heavy atom. The fourth-order valence-electron chi connectivity index (χ4n) is 3.78. The van der Waals surface area contributed by atoms with Crippen molar-refractivity contribution in [3.8, 4) is 5.75 Å². The van der Waals surface area contributed by atoms with Crippen LogP contribution in [0.4, 0.5) is 11.5 Å². The first kappa shape index (κ1) is 23.7. The SMILES string of the molecule is CNCC(Nc1ncnc2c(C(=O)O)cccc12)c1cccc(NC(=O)c2ccc(OC)cc2)c1.